The molecule has 0 bridgehead atoms. The summed E-state index contributed by atoms with van der Waals surface area (Å²) < 4.78 is 0. The minimum atomic E-state index is 0.139. The van der Waals surface area contributed by atoms with Gasteiger partial charge in [-0.3, -0.25) is 4.99 Å². The van der Waals surface area contributed by atoms with Crippen molar-refractivity contribution in [2.24, 2.45) is 10.7 Å². The topological polar surface area (TPSA) is 70.6 Å². The molecule has 1 rings (SSSR count). The standard InChI is InChI=1S/C12H19N3O/c1-9-6-10(2)8-11(7-9)15-12(13)14-4-3-5-16/h6-8,16H,3-5H2,1-2H3,(H3,13,14,15). The molecular formula is C12H19N3O. The molecule has 0 atom stereocenters. The zero-order chi connectivity index (χ0) is 12.0. The molecule has 0 heterocycles. The number of aliphatic hydroxyl groups excluding tert-OH is 1. The van der Waals surface area contributed by atoms with Crippen LogP contribution in [0.15, 0.2) is 23.2 Å². The lowest BCUT2D eigenvalue weighted by atomic mass is 10.1. The average molecular weight is 221 g/mol. The Hall–Kier alpha value is -1.55. The second kappa shape index (κ2) is 6.12. The first kappa shape index (κ1) is 12.5. The fourth-order valence-corrected chi connectivity index (χ4v) is 1.50. The number of aliphatic imine (C=N–C) groups is 1. The molecule has 0 aliphatic heterocycles. The van der Waals surface area contributed by atoms with Gasteiger partial charge in [-0.05, 0) is 43.5 Å². The van der Waals surface area contributed by atoms with Crippen LogP contribution in [0, 0.1) is 13.8 Å². The Morgan fingerprint density at radius 3 is 2.50 bits per heavy atom. The van der Waals surface area contributed by atoms with E-state index in [0.29, 0.717) is 18.9 Å². The van der Waals surface area contributed by atoms with Gasteiger partial charge in [0.1, 0.15) is 0 Å². The summed E-state index contributed by atoms with van der Waals surface area (Å²) in [6.07, 6.45) is 0.634. The molecule has 88 valence electrons. The molecule has 0 spiro atoms. The van der Waals surface area contributed by atoms with Gasteiger partial charge in [0.2, 0.25) is 0 Å². The number of guanidine groups is 1. The van der Waals surface area contributed by atoms with E-state index in [0.717, 1.165) is 5.69 Å². The maximum absolute atomic E-state index is 8.61. The number of nitrogens with one attached hydrogen (secondary N) is 1. The van der Waals surface area contributed by atoms with Gasteiger partial charge >= 0.3 is 0 Å². The summed E-state index contributed by atoms with van der Waals surface area (Å²) in [7, 11) is 0. The normalized spacial score (nSPS) is 11.6. The van der Waals surface area contributed by atoms with E-state index in [2.05, 4.69) is 16.4 Å². The van der Waals surface area contributed by atoms with Crippen LogP contribution in [0.1, 0.15) is 17.5 Å². The first-order valence-corrected chi connectivity index (χ1v) is 5.38. The third-order valence-corrected chi connectivity index (χ3v) is 2.09. The lowest BCUT2D eigenvalue weighted by molar-refractivity contribution is 0.291. The van der Waals surface area contributed by atoms with Crippen molar-refractivity contribution in [1.82, 2.24) is 0 Å². The van der Waals surface area contributed by atoms with Crippen LogP contribution in [0.4, 0.5) is 5.69 Å². The van der Waals surface area contributed by atoms with E-state index in [9.17, 15) is 0 Å². The zero-order valence-electron chi connectivity index (χ0n) is 9.83. The Kier molecular flexibility index (Phi) is 4.79. The molecule has 0 unspecified atom stereocenters. The molecule has 0 fully saturated rings. The van der Waals surface area contributed by atoms with Crippen LogP contribution < -0.4 is 11.1 Å². The highest BCUT2D eigenvalue weighted by molar-refractivity contribution is 5.92. The molecule has 4 N–H and O–H groups in total. The average Bonchev–Trinajstić information content (AvgIpc) is 2.16. The van der Waals surface area contributed by atoms with Gasteiger partial charge in [0, 0.05) is 18.8 Å². The summed E-state index contributed by atoms with van der Waals surface area (Å²) in [4.78, 5) is 4.09. The second-order valence-corrected chi connectivity index (χ2v) is 3.85. The summed E-state index contributed by atoms with van der Waals surface area (Å²) in [6.45, 7) is 4.76. The van der Waals surface area contributed by atoms with Crippen molar-refractivity contribution in [3.05, 3.63) is 29.3 Å². The molecule has 0 saturated carbocycles. The quantitative estimate of drug-likeness (QED) is 0.409. The lowest BCUT2D eigenvalue weighted by Crippen LogP contribution is -2.23. The monoisotopic (exact) mass is 221 g/mol. The molecule has 16 heavy (non-hydrogen) atoms. The van der Waals surface area contributed by atoms with Crippen molar-refractivity contribution in [3.63, 3.8) is 0 Å². The number of rotatable bonds is 4. The van der Waals surface area contributed by atoms with E-state index >= 15 is 0 Å². The van der Waals surface area contributed by atoms with Crippen molar-refractivity contribution in [2.75, 3.05) is 18.5 Å². The first-order valence-electron chi connectivity index (χ1n) is 5.38. The highest BCUT2D eigenvalue weighted by atomic mass is 16.3. The fourth-order valence-electron chi connectivity index (χ4n) is 1.50. The number of nitrogens with zero attached hydrogens (tertiary/aromatic N) is 1. The number of aliphatic hydroxyl groups is 1. The van der Waals surface area contributed by atoms with Gasteiger partial charge in [0.25, 0.3) is 0 Å². The smallest absolute Gasteiger partial charge is 0.193 e. The summed E-state index contributed by atoms with van der Waals surface area (Å²) in [5, 5.41) is 11.6. The third-order valence-electron chi connectivity index (χ3n) is 2.09. The summed E-state index contributed by atoms with van der Waals surface area (Å²) >= 11 is 0. The summed E-state index contributed by atoms with van der Waals surface area (Å²) in [6, 6.07) is 6.13. The van der Waals surface area contributed by atoms with Crippen LogP contribution in [-0.4, -0.2) is 24.2 Å². The first-order chi connectivity index (χ1) is 7.61. The third kappa shape index (κ3) is 4.31. The van der Waals surface area contributed by atoms with Gasteiger partial charge in [-0.15, -0.1) is 0 Å². The molecule has 1 aromatic carbocycles. The Labute approximate surface area is 96.2 Å². The van der Waals surface area contributed by atoms with Crippen molar-refractivity contribution < 1.29 is 5.11 Å². The molecule has 0 aliphatic rings. The molecule has 0 amide bonds. The Morgan fingerprint density at radius 2 is 1.94 bits per heavy atom. The molecular weight excluding hydrogens is 202 g/mol. The van der Waals surface area contributed by atoms with Gasteiger partial charge < -0.3 is 16.2 Å². The van der Waals surface area contributed by atoms with E-state index in [1.54, 1.807) is 0 Å². The van der Waals surface area contributed by atoms with Gasteiger partial charge in [0.15, 0.2) is 5.96 Å². The van der Waals surface area contributed by atoms with Crippen LogP contribution in [0.3, 0.4) is 0 Å². The van der Waals surface area contributed by atoms with Gasteiger partial charge in [-0.25, -0.2) is 0 Å². The molecule has 1 aromatic rings. The highest BCUT2D eigenvalue weighted by Gasteiger charge is 1.97. The number of nitrogens with two attached hydrogens (primary N) is 1. The molecule has 4 nitrogen and oxygen atoms in total. The zero-order valence-corrected chi connectivity index (χ0v) is 9.83. The van der Waals surface area contributed by atoms with Gasteiger partial charge in [-0.2, -0.15) is 0 Å². The van der Waals surface area contributed by atoms with Gasteiger partial charge in [-0.1, -0.05) is 6.07 Å². The highest BCUT2D eigenvalue weighted by Crippen LogP contribution is 2.13. The van der Waals surface area contributed by atoms with Crippen LogP contribution in [0.2, 0.25) is 0 Å². The maximum Gasteiger partial charge on any atom is 0.193 e. The number of anilines is 1. The number of benzene rings is 1. The number of hydrogen-bond acceptors (Lipinski definition) is 2. The predicted octanol–water partition coefficient (Wildman–Crippen LogP) is 1.41. The predicted molar refractivity (Wildman–Crippen MR) is 67.7 cm³/mol. The molecule has 0 aromatic heterocycles. The molecule has 4 heteroatoms. The van der Waals surface area contributed by atoms with E-state index in [1.165, 1.54) is 11.1 Å². The molecule has 0 radical (unpaired) electrons. The van der Waals surface area contributed by atoms with E-state index in [1.807, 2.05) is 26.0 Å². The van der Waals surface area contributed by atoms with E-state index in [4.69, 9.17) is 10.8 Å². The minimum absolute atomic E-state index is 0.139. The SMILES string of the molecule is Cc1cc(C)cc(NC(N)=NCCCO)c1. The molecule has 0 saturated heterocycles. The Morgan fingerprint density at radius 1 is 1.31 bits per heavy atom. The van der Waals surface area contributed by atoms with Crippen molar-refractivity contribution in [3.8, 4) is 0 Å². The van der Waals surface area contributed by atoms with Crippen LogP contribution in [0.25, 0.3) is 0 Å². The fraction of sp³-hybridized carbons (Fsp3) is 0.417. The Bertz CT molecular complexity index is 354. The van der Waals surface area contributed by atoms with Crippen molar-refractivity contribution >= 4 is 11.6 Å². The van der Waals surface area contributed by atoms with Crippen LogP contribution >= 0.6 is 0 Å². The maximum atomic E-state index is 8.61. The lowest BCUT2D eigenvalue weighted by Gasteiger charge is -2.07. The van der Waals surface area contributed by atoms with Gasteiger partial charge in [0.05, 0.1) is 0 Å². The number of aryl methyl sites for hydroxylation is 2. The van der Waals surface area contributed by atoms with E-state index in [-0.39, 0.29) is 6.61 Å². The summed E-state index contributed by atoms with van der Waals surface area (Å²) in [5.74, 6) is 0.387. The Balaban J connectivity index is 2.61. The van der Waals surface area contributed by atoms with E-state index < -0.39 is 0 Å². The number of hydrogen-bond donors (Lipinski definition) is 3. The minimum Gasteiger partial charge on any atom is -0.396 e. The molecule has 0 aliphatic carbocycles. The van der Waals surface area contributed by atoms with Crippen LogP contribution in [0.5, 0.6) is 0 Å². The van der Waals surface area contributed by atoms with Crippen molar-refractivity contribution in [1.29, 1.82) is 0 Å². The van der Waals surface area contributed by atoms with Crippen LogP contribution in [-0.2, 0) is 0 Å². The van der Waals surface area contributed by atoms with Crippen molar-refractivity contribution in [2.45, 2.75) is 20.3 Å². The summed E-state index contributed by atoms with van der Waals surface area (Å²) in [5.41, 5.74) is 9.02. The largest absolute Gasteiger partial charge is 0.396 e. The second-order valence-electron chi connectivity index (χ2n) is 3.85.